The van der Waals surface area contributed by atoms with Gasteiger partial charge in [0.25, 0.3) is 5.91 Å². The molecule has 0 radical (unpaired) electrons. The number of rotatable bonds is 6. The Morgan fingerprint density at radius 1 is 1.05 bits per heavy atom. The second kappa shape index (κ2) is 10.2. The minimum absolute atomic E-state index is 0.167. The number of nitrogens with zero attached hydrogens (tertiary/aromatic N) is 1. The number of ether oxygens (including phenoxy) is 3. The minimum Gasteiger partial charge on any atom is -0.493 e. The number of carbonyl (C=O) groups excluding carboxylic acids is 1. The molecular weight excluding hydrogens is 494 g/mol. The number of amides is 1. The molecule has 0 aliphatic carbocycles. The fourth-order valence-electron chi connectivity index (χ4n) is 4.81. The van der Waals surface area contributed by atoms with Crippen LogP contribution in [0, 0.1) is 6.92 Å². The summed E-state index contributed by atoms with van der Waals surface area (Å²) in [7, 11) is 3.18. The number of aryl methyl sites for hydroxylation is 1. The molecule has 0 unspecified atom stereocenters. The Kier molecular flexibility index (Phi) is 6.80. The third-order valence-corrected chi connectivity index (χ3v) is 7.03. The summed E-state index contributed by atoms with van der Waals surface area (Å²) < 4.78 is 22.6. The van der Waals surface area contributed by atoms with Crippen molar-refractivity contribution in [3.8, 4) is 17.2 Å². The van der Waals surface area contributed by atoms with Gasteiger partial charge in [-0.1, -0.05) is 23.7 Å². The summed E-state index contributed by atoms with van der Waals surface area (Å²) in [6, 6.07) is 17.3. The number of fused-ring (bicyclic) bond motifs is 2. The molecule has 8 heteroatoms. The van der Waals surface area contributed by atoms with Crippen LogP contribution in [-0.2, 0) is 6.42 Å². The molecule has 0 saturated carbocycles. The van der Waals surface area contributed by atoms with E-state index in [-0.39, 0.29) is 12.5 Å². The lowest BCUT2D eigenvalue weighted by Gasteiger charge is -2.37. The first-order valence-electron chi connectivity index (χ1n) is 11.9. The van der Waals surface area contributed by atoms with Crippen LogP contribution < -0.4 is 19.8 Å². The molecule has 0 saturated heterocycles. The second-order valence-corrected chi connectivity index (χ2v) is 9.27. The highest BCUT2D eigenvalue weighted by Crippen LogP contribution is 2.39. The first-order valence-corrected chi connectivity index (χ1v) is 12.2. The Bertz CT molecular complexity index is 1550. The fourth-order valence-corrected chi connectivity index (χ4v) is 5.03. The van der Waals surface area contributed by atoms with E-state index in [0.717, 1.165) is 22.1 Å². The van der Waals surface area contributed by atoms with E-state index >= 15 is 0 Å². The molecule has 0 fully saturated rings. The molecule has 5 rings (SSSR count). The van der Waals surface area contributed by atoms with Gasteiger partial charge in [-0.15, -0.1) is 0 Å². The first-order chi connectivity index (χ1) is 17.9. The van der Waals surface area contributed by atoms with Gasteiger partial charge in [-0.05, 0) is 66.4 Å². The van der Waals surface area contributed by atoms with Crippen molar-refractivity contribution in [3.63, 3.8) is 0 Å². The maximum absolute atomic E-state index is 13.7. The molecule has 1 aromatic heterocycles. The molecule has 1 atom stereocenters. The van der Waals surface area contributed by atoms with Crippen molar-refractivity contribution < 1.29 is 23.4 Å². The fraction of sp³-hybridized carbons (Fsp3) is 0.241. The van der Waals surface area contributed by atoms with Gasteiger partial charge < -0.3 is 23.5 Å². The van der Waals surface area contributed by atoms with Gasteiger partial charge >= 0.3 is 5.63 Å². The zero-order valence-corrected chi connectivity index (χ0v) is 21.5. The highest BCUT2D eigenvalue weighted by molar-refractivity contribution is 6.33. The molecule has 37 heavy (non-hydrogen) atoms. The second-order valence-electron chi connectivity index (χ2n) is 8.87. The largest absolute Gasteiger partial charge is 0.493 e. The first kappa shape index (κ1) is 24.7. The molecule has 1 amide bonds. The zero-order chi connectivity index (χ0) is 26.1. The summed E-state index contributed by atoms with van der Waals surface area (Å²) in [5, 5.41) is 1.23. The Labute approximate surface area is 219 Å². The quantitative estimate of drug-likeness (QED) is 0.309. The smallest absolute Gasteiger partial charge is 0.336 e. The lowest BCUT2D eigenvalue weighted by Crippen LogP contribution is -2.42. The molecule has 1 aliphatic heterocycles. The van der Waals surface area contributed by atoms with Gasteiger partial charge in [0, 0.05) is 24.1 Å². The normalized spacial score (nSPS) is 14.8. The van der Waals surface area contributed by atoms with Crippen LogP contribution >= 0.6 is 11.6 Å². The Morgan fingerprint density at radius 2 is 1.81 bits per heavy atom. The standard InChI is InChI=1S/C29H26ClNO6/c1-17-12-28(32)37-25-14-19(8-9-20(17)25)36-16-24-22-15-27(35-3)26(34-2)13-18(22)10-11-31(24)29(33)21-6-4-5-7-23(21)30/h4-9,12-15,24H,10-11,16H2,1-3H3/t24-/m1/s1. The van der Waals surface area contributed by atoms with Gasteiger partial charge in [0.15, 0.2) is 11.5 Å². The van der Waals surface area contributed by atoms with E-state index in [2.05, 4.69) is 0 Å². The zero-order valence-electron chi connectivity index (χ0n) is 20.7. The highest BCUT2D eigenvalue weighted by atomic mass is 35.5. The van der Waals surface area contributed by atoms with Gasteiger partial charge in [-0.3, -0.25) is 4.79 Å². The molecule has 0 N–H and O–H groups in total. The maximum Gasteiger partial charge on any atom is 0.336 e. The topological polar surface area (TPSA) is 78.2 Å². The van der Waals surface area contributed by atoms with Crippen LogP contribution in [0.5, 0.6) is 17.2 Å². The molecule has 4 aromatic rings. The number of hydrogen-bond acceptors (Lipinski definition) is 6. The highest BCUT2D eigenvalue weighted by Gasteiger charge is 2.34. The van der Waals surface area contributed by atoms with E-state index in [1.54, 1.807) is 49.5 Å². The van der Waals surface area contributed by atoms with Gasteiger partial charge in [-0.2, -0.15) is 0 Å². The van der Waals surface area contributed by atoms with Gasteiger partial charge in [-0.25, -0.2) is 4.79 Å². The molecule has 0 spiro atoms. The predicted octanol–water partition coefficient (Wildman–Crippen LogP) is 5.59. The lowest BCUT2D eigenvalue weighted by atomic mass is 9.91. The van der Waals surface area contributed by atoms with E-state index in [0.29, 0.717) is 46.4 Å². The van der Waals surface area contributed by atoms with E-state index in [1.807, 2.05) is 31.2 Å². The van der Waals surface area contributed by atoms with Crippen LogP contribution in [0.25, 0.3) is 11.0 Å². The molecule has 3 aromatic carbocycles. The number of carbonyl (C=O) groups is 1. The monoisotopic (exact) mass is 519 g/mol. The van der Waals surface area contributed by atoms with Gasteiger partial charge in [0.1, 0.15) is 17.9 Å². The van der Waals surface area contributed by atoms with Crippen molar-refractivity contribution in [1.82, 2.24) is 4.90 Å². The van der Waals surface area contributed by atoms with Crippen molar-refractivity contribution in [2.45, 2.75) is 19.4 Å². The van der Waals surface area contributed by atoms with Crippen LogP contribution in [-0.4, -0.2) is 38.2 Å². The van der Waals surface area contributed by atoms with Crippen LogP contribution in [0.15, 0.2) is 69.9 Å². The maximum atomic E-state index is 13.7. The summed E-state index contributed by atoms with van der Waals surface area (Å²) in [6.07, 6.45) is 0.642. The van der Waals surface area contributed by atoms with Crippen LogP contribution in [0.4, 0.5) is 0 Å². The SMILES string of the molecule is COc1cc2c(cc1OC)[C@@H](COc1ccc3c(C)cc(=O)oc3c1)N(C(=O)c1ccccc1Cl)CC2. The summed E-state index contributed by atoms with van der Waals surface area (Å²) in [5.74, 6) is 1.55. The Balaban J connectivity index is 1.53. The number of methoxy groups -OCH3 is 2. The molecule has 1 aliphatic rings. The van der Waals surface area contributed by atoms with Crippen LogP contribution in [0.1, 0.15) is 33.1 Å². The molecule has 2 heterocycles. The van der Waals surface area contributed by atoms with E-state index in [4.69, 9.17) is 30.2 Å². The van der Waals surface area contributed by atoms with Crippen molar-refractivity contribution in [3.05, 3.63) is 98.4 Å². The Morgan fingerprint density at radius 3 is 2.57 bits per heavy atom. The summed E-state index contributed by atoms with van der Waals surface area (Å²) in [6.45, 7) is 2.51. The summed E-state index contributed by atoms with van der Waals surface area (Å²) in [5.41, 5.74) is 3.25. The lowest BCUT2D eigenvalue weighted by molar-refractivity contribution is 0.0589. The van der Waals surface area contributed by atoms with Crippen molar-refractivity contribution in [2.75, 3.05) is 27.4 Å². The minimum atomic E-state index is -0.424. The van der Waals surface area contributed by atoms with Gasteiger partial charge in [0.05, 0.1) is 30.8 Å². The number of hydrogen-bond donors (Lipinski definition) is 0. The van der Waals surface area contributed by atoms with Crippen LogP contribution in [0.3, 0.4) is 0 Å². The van der Waals surface area contributed by atoms with Crippen LogP contribution in [0.2, 0.25) is 5.02 Å². The number of benzene rings is 3. The number of halogens is 1. The summed E-state index contributed by atoms with van der Waals surface area (Å²) >= 11 is 6.38. The average molecular weight is 520 g/mol. The molecule has 0 bridgehead atoms. The Hall–Kier alpha value is -3.97. The average Bonchev–Trinajstić information content (AvgIpc) is 2.90. The molecule has 7 nitrogen and oxygen atoms in total. The third-order valence-electron chi connectivity index (χ3n) is 6.70. The van der Waals surface area contributed by atoms with E-state index in [9.17, 15) is 9.59 Å². The predicted molar refractivity (Wildman–Crippen MR) is 141 cm³/mol. The van der Waals surface area contributed by atoms with E-state index < -0.39 is 11.7 Å². The van der Waals surface area contributed by atoms with Crippen molar-refractivity contribution in [1.29, 1.82) is 0 Å². The van der Waals surface area contributed by atoms with E-state index in [1.165, 1.54) is 6.07 Å². The summed E-state index contributed by atoms with van der Waals surface area (Å²) in [4.78, 5) is 27.3. The molecular formula is C29H26ClNO6. The third kappa shape index (κ3) is 4.74. The van der Waals surface area contributed by atoms with Crippen molar-refractivity contribution >= 4 is 28.5 Å². The van der Waals surface area contributed by atoms with Crippen molar-refractivity contribution in [2.24, 2.45) is 0 Å². The van der Waals surface area contributed by atoms with Gasteiger partial charge in [0.2, 0.25) is 0 Å². The molecule has 190 valence electrons.